The van der Waals surface area contributed by atoms with Gasteiger partial charge in [0, 0.05) is 24.5 Å². The number of aliphatic hydroxyl groups excluding tert-OH is 1. The molecule has 2 N–H and O–H groups in total. The van der Waals surface area contributed by atoms with Crippen molar-refractivity contribution in [3.63, 3.8) is 0 Å². The quantitative estimate of drug-likeness (QED) is 0.364. The molecule has 226 valence electrons. The number of likely N-dealkylation sites (N-methyl/N-ethyl adjacent to an activating group) is 1. The number of para-hydroxylation sites is 1. The summed E-state index contributed by atoms with van der Waals surface area (Å²) in [5.74, 6) is -1.67. The number of hydrogen-bond donors (Lipinski definition) is 2. The lowest BCUT2D eigenvalue weighted by molar-refractivity contribution is 0.0389. The second-order valence-electron chi connectivity index (χ2n) is 10.1. The predicted octanol–water partition coefficient (Wildman–Crippen LogP) is 3.82. The summed E-state index contributed by atoms with van der Waals surface area (Å²) in [6.07, 6.45) is -0.853. The van der Waals surface area contributed by atoms with Crippen molar-refractivity contribution in [3.05, 3.63) is 83.1 Å². The van der Waals surface area contributed by atoms with Crippen LogP contribution in [0.15, 0.2) is 76.5 Å². The summed E-state index contributed by atoms with van der Waals surface area (Å²) in [5.41, 5.74) is -0.0428. The third-order valence-electron chi connectivity index (χ3n) is 7.02. The summed E-state index contributed by atoms with van der Waals surface area (Å²) < 4.78 is 76.3. The highest BCUT2D eigenvalue weighted by Crippen LogP contribution is 2.36. The number of benzene rings is 3. The highest BCUT2D eigenvalue weighted by Gasteiger charge is 2.36. The van der Waals surface area contributed by atoms with Crippen LogP contribution in [0, 0.1) is 11.7 Å². The summed E-state index contributed by atoms with van der Waals surface area (Å²) in [6.45, 7) is 3.08. The van der Waals surface area contributed by atoms with Crippen LogP contribution < -0.4 is 9.46 Å². The minimum Gasteiger partial charge on any atom is -0.486 e. The summed E-state index contributed by atoms with van der Waals surface area (Å²) in [6, 6.07) is 13.7. The molecule has 0 unspecified atom stereocenters. The molecule has 1 aliphatic rings. The number of nitrogens with one attached hydrogen (secondary N) is 1. The van der Waals surface area contributed by atoms with Crippen LogP contribution >= 0.6 is 11.6 Å². The Bertz CT molecular complexity index is 1650. The smallest absolute Gasteiger partial charge is 0.262 e. The van der Waals surface area contributed by atoms with E-state index in [4.69, 9.17) is 16.3 Å². The standard InChI is InChI=1S/C28H31ClFN3O7S2/c1-18-15-33(19(2)17-34)28(35)24-5-4-6-25(31-41(36,37)22-13-9-21(30)10-14-22)27(24)40-26(18)16-32(3)42(38,39)23-11-7-20(29)8-12-23/h4-14,18-19,26,31,34H,15-17H2,1-3H3/t18-,19+,26-/m0/s1. The van der Waals surface area contributed by atoms with Crippen molar-refractivity contribution >= 4 is 43.2 Å². The summed E-state index contributed by atoms with van der Waals surface area (Å²) in [4.78, 5) is 14.9. The Balaban J connectivity index is 1.76. The van der Waals surface area contributed by atoms with Gasteiger partial charge in [0.2, 0.25) is 10.0 Å². The summed E-state index contributed by atoms with van der Waals surface area (Å²) >= 11 is 5.92. The van der Waals surface area contributed by atoms with Gasteiger partial charge in [-0.15, -0.1) is 0 Å². The number of halogens is 2. The maximum absolute atomic E-state index is 13.7. The van der Waals surface area contributed by atoms with Crippen molar-refractivity contribution < 1.29 is 35.9 Å². The van der Waals surface area contributed by atoms with Gasteiger partial charge in [0.05, 0.1) is 40.2 Å². The maximum Gasteiger partial charge on any atom is 0.262 e. The lowest BCUT2D eigenvalue weighted by Crippen LogP contribution is -2.50. The van der Waals surface area contributed by atoms with Gasteiger partial charge in [0.15, 0.2) is 5.75 Å². The maximum atomic E-state index is 13.7. The Morgan fingerprint density at radius 2 is 1.69 bits per heavy atom. The zero-order valence-corrected chi connectivity index (χ0v) is 25.5. The van der Waals surface area contributed by atoms with E-state index < -0.39 is 49.8 Å². The number of carbonyl (C=O) groups is 1. The number of carbonyl (C=O) groups excluding carboxylic acids is 1. The van der Waals surface area contributed by atoms with Crippen molar-refractivity contribution in [1.82, 2.24) is 9.21 Å². The molecule has 0 fully saturated rings. The van der Waals surface area contributed by atoms with Gasteiger partial charge in [-0.3, -0.25) is 9.52 Å². The van der Waals surface area contributed by atoms with E-state index in [-0.39, 0.29) is 46.5 Å². The van der Waals surface area contributed by atoms with Crippen molar-refractivity contribution in [2.24, 2.45) is 5.92 Å². The highest BCUT2D eigenvalue weighted by molar-refractivity contribution is 7.92. The number of nitrogens with zero attached hydrogens (tertiary/aromatic N) is 2. The van der Waals surface area contributed by atoms with Crippen molar-refractivity contribution in [3.8, 4) is 5.75 Å². The molecule has 3 aromatic rings. The van der Waals surface area contributed by atoms with Crippen molar-refractivity contribution in [1.29, 1.82) is 0 Å². The number of fused-ring (bicyclic) bond motifs is 1. The minimum atomic E-state index is -4.23. The second kappa shape index (κ2) is 12.6. The molecule has 0 spiro atoms. The van der Waals surface area contributed by atoms with Crippen LogP contribution in [-0.4, -0.2) is 75.9 Å². The third-order valence-corrected chi connectivity index (χ3v) is 10.5. The molecule has 0 aliphatic carbocycles. The van der Waals surface area contributed by atoms with Crippen LogP contribution in [0.1, 0.15) is 24.2 Å². The first kappa shape index (κ1) is 31.7. The van der Waals surface area contributed by atoms with E-state index in [9.17, 15) is 31.1 Å². The van der Waals surface area contributed by atoms with E-state index in [1.54, 1.807) is 13.8 Å². The molecule has 4 rings (SSSR count). The normalized spacial score (nSPS) is 18.5. The molecule has 0 radical (unpaired) electrons. The van der Waals surface area contributed by atoms with Gasteiger partial charge in [-0.05, 0) is 67.6 Å². The van der Waals surface area contributed by atoms with Crippen molar-refractivity contribution in [2.45, 2.75) is 35.8 Å². The van der Waals surface area contributed by atoms with E-state index in [1.807, 2.05) is 0 Å². The number of aliphatic hydroxyl groups is 1. The first-order valence-electron chi connectivity index (χ1n) is 13.0. The van der Waals surface area contributed by atoms with Crippen LogP contribution in [0.3, 0.4) is 0 Å². The van der Waals surface area contributed by atoms with E-state index in [0.717, 1.165) is 28.6 Å². The Hall–Kier alpha value is -3.23. The molecule has 1 aliphatic heterocycles. The molecule has 14 heteroatoms. The Kier molecular flexibility index (Phi) is 9.48. The number of sulfonamides is 2. The van der Waals surface area contributed by atoms with Gasteiger partial charge in [-0.25, -0.2) is 21.2 Å². The molecule has 10 nitrogen and oxygen atoms in total. The minimum absolute atomic E-state index is 0.0201. The van der Waals surface area contributed by atoms with Crippen LogP contribution in [-0.2, 0) is 20.0 Å². The van der Waals surface area contributed by atoms with Gasteiger partial charge in [0.25, 0.3) is 15.9 Å². The molecular weight excluding hydrogens is 609 g/mol. The van der Waals surface area contributed by atoms with Crippen LogP contribution in [0.4, 0.5) is 10.1 Å². The molecule has 0 aromatic heterocycles. The molecule has 0 bridgehead atoms. The fourth-order valence-corrected chi connectivity index (χ4v) is 6.87. The lowest BCUT2D eigenvalue weighted by atomic mass is 9.99. The molecule has 0 saturated carbocycles. The predicted molar refractivity (Wildman–Crippen MR) is 156 cm³/mol. The molecular formula is C28H31ClFN3O7S2. The van der Waals surface area contributed by atoms with E-state index in [0.29, 0.717) is 5.02 Å². The Morgan fingerprint density at radius 1 is 1.07 bits per heavy atom. The van der Waals surface area contributed by atoms with Gasteiger partial charge in [-0.1, -0.05) is 24.6 Å². The second-order valence-corrected chi connectivity index (χ2v) is 14.3. The number of hydrogen-bond acceptors (Lipinski definition) is 7. The molecule has 1 heterocycles. The largest absolute Gasteiger partial charge is 0.486 e. The average Bonchev–Trinajstić information content (AvgIpc) is 2.95. The fraction of sp³-hybridized carbons (Fsp3) is 0.321. The number of amides is 1. The first-order valence-corrected chi connectivity index (χ1v) is 16.3. The molecule has 3 atom stereocenters. The third kappa shape index (κ3) is 6.70. The SMILES string of the molecule is C[C@H](CO)N1C[C@H](C)[C@H](CN(C)S(=O)(=O)c2ccc(Cl)cc2)Oc2c(NS(=O)(=O)c3ccc(F)cc3)cccc2C1=O. The molecule has 42 heavy (non-hydrogen) atoms. The van der Waals surface area contributed by atoms with Crippen LogP contribution in [0.25, 0.3) is 0 Å². The lowest BCUT2D eigenvalue weighted by Gasteiger charge is -2.38. The Labute approximate surface area is 249 Å². The highest BCUT2D eigenvalue weighted by atomic mass is 35.5. The van der Waals surface area contributed by atoms with Crippen LogP contribution in [0.5, 0.6) is 5.75 Å². The van der Waals surface area contributed by atoms with E-state index >= 15 is 0 Å². The zero-order valence-electron chi connectivity index (χ0n) is 23.1. The van der Waals surface area contributed by atoms with Gasteiger partial charge < -0.3 is 14.7 Å². The topological polar surface area (TPSA) is 133 Å². The Morgan fingerprint density at radius 3 is 2.31 bits per heavy atom. The number of ether oxygens (including phenoxy) is 1. The number of rotatable bonds is 9. The van der Waals surface area contributed by atoms with Gasteiger partial charge in [0.1, 0.15) is 11.9 Å². The first-order chi connectivity index (χ1) is 19.7. The fourth-order valence-electron chi connectivity index (χ4n) is 4.50. The molecule has 0 saturated heterocycles. The average molecular weight is 640 g/mol. The summed E-state index contributed by atoms with van der Waals surface area (Å²) in [7, 11) is -6.81. The molecule has 3 aromatic carbocycles. The van der Waals surface area contributed by atoms with Gasteiger partial charge in [-0.2, -0.15) is 4.31 Å². The molecule has 1 amide bonds. The van der Waals surface area contributed by atoms with Crippen LogP contribution in [0.2, 0.25) is 5.02 Å². The van der Waals surface area contributed by atoms with Gasteiger partial charge >= 0.3 is 0 Å². The monoisotopic (exact) mass is 639 g/mol. The van der Waals surface area contributed by atoms with Crippen molar-refractivity contribution in [2.75, 3.05) is 31.5 Å². The van der Waals surface area contributed by atoms with E-state index in [2.05, 4.69) is 4.72 Å². The van der Waals surface area contributed by atoms with E-state index in [1.165, 1.54) is 54.4 Å². The number of anilines is 1. The zero-order chi connectivity index (χ0) is 30.8. The summed E-state index contributed by atoms with van der Waals surface area (Å²) in [5, 5.41) is 10.3.